The van der Waals surface area contributed by atoms with Crippen LogP contribution in [-0.4, -0.2) is 19.3 Å². The molecule has 0 aromatic carbocycles. The molecule has 0 aromatic rings. The van der Waals surface area contributed by atoms with Gasteiger partial charge < -0.3 is 30.6 Å². The number of rotatable bonds is 2. The molecule has 4 heteroatoms. The minimum atomic E-state index is 0.0833. The van der Waals surface area contributed by atoms with E-state index in [1.165, 1.54) is 10.6 Å². The van der Waals surface area contributed by atoms with Gasteiger partial charge in [0.15, 0.2) is 0 Å². The average Bonchev–Trinajstić information content (AvgIpc) is 1.66. The van der Waals surface area contributed by atoms with Crippen LogP contribution < -0.4 is 5.73 Å². The zero-order valence-corrected chi connectivity index (χ0v) is 9.06. The van der Waals surface area contributed by atoms with Crippen molar-refractivity contribution in [2.75, 3.05) is 0 Å². The maximum atomic E-state index is 4.66. The summed E-state index contributed by atoms with van der Waals surface area (Å²) in [4.78, 5) is 0. The molecule has 0 atom stereocenters. The number of hydrogen-bond donors (Lipinski definition) is 1. The van der Waals surface area contributed by atoms with Crippen LogP contribution in [0.15, 0.2) is 0 Å². The first-order valence-corrected chi connectivity index (χ1v) is 5.93. The third-order valence-corrected chi connectivity index (χ3v) is 2.12. The predicted octanol–water partition coefficient (Wildman–Crippen LogP) is 1.34. The Labute approximate surface area is 74.3 Å². The van der Waals surface area contributed by atoms with Gasteiger partial charge in [-0.05, 0) is 0 Å². The van der Waals surface area contributed by atoms with Gasteiger partial charge >= 0.3 is 39.4 Å². The van der Waals surface area contributed by atoms with Crippen LogP contribution in [0, 0.1) is 0 Å². The van der Waals surface area contributed by atoms with E-state index in [1.807, 2.05) is 0 Å². The van der Waals surface area contributed by atoms with Crippen LogP contribution in [0.5, 0.6) is 0 Å². The summed E-state index contributed by atoms with van der Waals surface area (Å²) in [6.45, 7) is 4.48. The molecular weight excluding hydrogens is 217 g/mol. The van der Waals surface area contributed by atoms with E-state index in [9.17, 15) is 0 Å². The van der Waals surface area contributed by atoms with Crippen molar-refractivity contribution in [2.45, 2.75) is 24.5 Å². The van der Waals surface area contributed by atoms with E-state index in [2.05, 4.69) is 44.4 Å². The Hall–Kier alpha value is 0.629. The molecule has 0 bridgehead atoms. The molecule has 0 spiro atoms. The van der Waals surface area contributed by atoms with Crippen molar-refractivity contribution in [3.63, 3.8) is 0 Å². The van der Waals surface area contributed by atoms with Crippen LogP contribution in [0.2, 0.25) is 10.6 Å². The third-order valence-electron chi connectivity index (χ3n) is 0.408. The molecule has 0 heterocycles. The molecule has 0 saturated heterocycles. The van der Waals surface area contributed by atoms with Crippen molar-refractivity contribution in [3.8, 4) is 0 Å². The number of thiocarbonyl (C=S) groups is 1. The van der Waals surface area contributed by atoms with E-state index in [1.54, 1.807) is 0 Å². The molecule has 0 unspecified atom stereocenters. The molecule has 0 saturated carbocycles. The maximum Gasteiger partial charge on any atom is -0.0708 e. The Balaban J connectivity index is 0. The van der Waals surface area contributed by atoms with Crippen molar-refractivity contribution >= 4 is 44.1 Å². The second kappa shape index (κ2) is 11.4. The third kappa shape index (κ3) is 54.9. The van der Waals surface area contributed by atoms with E-state index in [0.717, 1.165) is 15.0 Å². The van der Waals surface area contributed by atoms with Crippen LogP contribution in [-0.2, 0) is 12.6 Å². The Kier molecular flexibility index (Phi) is 15.6. The first-order chi connectivity index (χ1) is 4.15. The Morgan fingerprint density at radius 2 is 1.78 bits per heavy atom. The van der Waals surface area contributed by atoms with E-state index < -0.39 is 0 Å². The second-order valence-electron chi connectivity index (χ2n) is 1.10. The van der Waals surface area contributed by atoms with Gasteiger partial charge in [-0.2, -0.15) is 0 Å². The van der Waals surface area contributed by atoms with E-state index in [0.29, 0.717) is 0 Å². The summed E-state index contributed by atoms with van der Waals surface area (Å²) in [7, 11) is 0. The predicted molar refractivity (Wildman–Crippen MR) is 50.9 cm³/mol. The smallest absolute Gasteiger partial charge is 0.0708 e. The van der Waals surface area contributed by atoms with Gasteiger partial charge in [0.1, 0.15) is 0 Å². The minimum absolute atomic E-state index is 0.0833. The minimum Gasteiger partial charge on any atom is -0.415 e. The first kappa shape index (κ1) is 12.3. The van der Waals surface area contributed by atoms with Gasteiger partial charge in [0, 0.05) is 0 Å². The van der Waals surface area contributed by atoms with Crippen molar-refractivity contribution < 1.29 is 0 Å². The average molecular weight is 229 g/mol. The molecule has 2 N–H and O–H groups in total. The normalized spacial score (nSPS) is 7.33. The van der Waals surface area contributed by atoms with Crippen LogP contribution in [0.4, 0.5) is 0 Å². The van der Waals surface area contributed by atoms with Crippen molar-refractivity contribution in [3.05, 3.63) is 0 Å². The molecule has 55 valence electrons. The molecule has 0 fully saturated rings. The fourth-order valence-electron chi connectivity index (χ4n) is 0.204. The Morgan fingerprint density at radius 3 is 1.78 bits per heavy atom. The van der Waals surface area contributed by atoms with Crippen molar-refractivity contribution in [2.24, 2.45) is 5.73 Å². The van der Waals surface area contributed by atoms with Crippen LogP contribution in [0.3, 0.4) is 0 Å². The maximum absolute atomic E-state index is 4.66. The molecule has 9 heavy (non-hydrogen) atoms. The molecule has 1 nitrogen and oxygen atoms in total. The van der Waals surface area contributed by atoms with Crippen LogP contribution in [0.1, 0.15) is 13.8 Å². The molecule has 0 aliphatic rings. The fraction of sp³-hybridized carbons (Fsp3) is 0.800. The largest absolute Gasteiger partial charge is 0.415 e. The van der Waals surface area contributed by atoms with Crippen molar-refractivity contribution in [1.82, 2.24) is 0 Å². The molecule has 1 radical (unpaired) electrons. The zero-order chi connectivity index (χ0) is 7.70. The summed E-state index contributed by atoms with van der Waals surface area (Å²) < 4.78 is 0.0833. The molecular formula is C5H12NS2Se. The Bertz CT molecular complexity index is 62.0. The number of hydrogen-bond acceptors (Lipinski definition) is 2. The summed E-state index contributed by atoms with van der Waals surface area (Å²) in [6.07, 6.45) is 0. The van der Waals surface area contributed by atoms with Gasteiger partial charge in [0.05, 0.1) is 0 Å². The van der Waals surface area contributed by atoms with Gasteiger partial charge in [0.25, 0.3) is 0 Å². The monoisotopic (exact) mass is 230 g/mol. The second-order valence-corrected chi connectivity index (χ2v) is 5.52. The Morgan fingerprint density at radius 1 is 1.56 bits per heavy atom. The molecule has 0 aliphatic carbocycles. The van der Waals surface area contributed by atoms with Crippen LogP contribution in [0.25, 0.3) is 0 Å². The topological polar surface area (TPSA) is 26.0 Å². The van der Waals surface area contributed by atoms with Gasteiger partial charge in [-0.15, -0.1) is 0 Å². The molecule has 0 aromatic heterocycles. The van der Waals surface area contributed by atoms with Crippen molar-refractivity contribution in [1.29, 1.82) is 0 Å². The molecule has 0 aliphatic heterocycles. The van der Waals surface area contributed by atoms with Gasteiger partial charge in [-0.3, -0.25) is 0 Å². The van der Waals surface area contributed by atoms with E-state index in [-0.39, 0.29) is 4.32 Å². The summed E-state index contributed by atoms with van der Waals surface area (Å²) in [6, 6.07) is 0. The summed E-state index contributed by atoms with van der Waals surface area (Å²) in [5.74, 6) is 0. The molecule has 0 rings (SSSR count). The van der Waals surface area contributed by atoms with Gasteiger partial charge in [-0.1, -0.05) is 4.32 Å². The summed E-state index contributed by atoms with van der Waals surface area (Å²) in [5.41, 5.74) is 4.66. The van der Waals surface area contributed by atoms with Crippen LogP contribution >= 0.6 is 12.2 Å². The standard InChI is InChI=1S/C4H10Se.CH3NS2/c1-3-5-4-2;2-1(3)4/h3-4H2,1-2H3;(H3,2,3,4)/q+1;/p-1. The SMILES string of the molecule is CC[Se+]CC.NC(=S)[S-]. The van der Waals surface area contributed by atoms with Gasteiger partial charge in [-0.25, -0.2) is 0 Å². The quantitative estimate of drug-likeness (QED) is 0.439. The van der Waals surface area contributed by atoms with E-state index >= 15 is 0 Å². The number of nitrogens with two attached hydrogens (primary N) is 1. The first-order valence-electron chi connectivity index (χ1n) is 2.69. The molecule has 0 amide bonds. The zero-order valence-electron chi connectivity index (χ0n) is 5.72. The summed E-state index contributed by atoms with van der Waals surface area (Å²) >= 11 is 9.22. The van der Waals surface area contributed by atoms with E-state index in [4.69, 9.17) is 0 Å². The van der Waals surface area contributed by atoms with Gasteiger partial charge in [0.2, 0.25) is 0 Å². The summed E-state index contributed by atoms with van der Waals surface area (Å²) in [5, 5.41) is 2.81. The fourth-order valence-corrected chi connectivity index (χ4v) is 1.06.